The Kier molecular flexibility index (Phi) is 7.34. The maximum Gasteiger partial charge on any atom is 0.373 e. The molecule has 2 heterocycles. The van der Waals surface area contributed by atoms with Crippen molar-refractivity contribution in [3.05, 3.63) is 53.1 Å². The molecule has 1 fully saturated rings. The average molecular weight is 458 g/mol. The molecule has 3 amide bonds. The summed E-state index contributed by atoms with van der Waals surface area (Å²) in [4.78, 5) is 49.4. The summed E-state index contributed by atoms with van der Waals surface area (Å²) < 4.78 is 25.6. The Morgan fingerprint density at radius 1 is 1.15 bits per heavy atom. The zero-order chi connectivity index (χ0) is 24.0. The summed E-state index contributed by atoms with van der Waals surface area (Å²) in [6, 6.07) is 7.11. The van der Waals surface area contributed by atoms with Crippen LogP contribution in [0.25, 0.3) is 6.08 Å². The number of carbonyl (C=O) groups is 4. The van der Waals surface area contributed by atoms with Crippen LogP contribution in [0.5, 0.6) is 11.5 Å². The molecule has 1 aliphatic rings. The van der Waals surface area contributed by atoms with Crippen LogP contribution in [0.2, 0.25) is 0 Å². The second kappa shape index (κ2) is 10.4. The minimum absolute atomic E-state index is 0.0195. The highest BCUT2D eigenvalue weighted by Crippen LogP contribution is 2.33. The van der Waals surface area contributed by atoms with E-state index in [1.54, 1.807) is 25.1 Å². The van der Waals surface area contributed by atoms with Crippen LogP contribution < -0.4 is 14.8 Å². The van der Waals surface area contributed by atoms with E-state index in [1.807, 2.05) is 0 Å². The molecule has 0 saturated carbocycles. The Morgan fingerprint density at radius 2 is 1.94 bits per heavy atom. The molecule has 3 rings (SSSR count). The van der Waals surface area contributed by atoms with Crippen LogP contribution in [0.3, 0.4) is 0 Å². The van der Waals surface area contributed by atoms with Gasteiger partial charge in [0.25, 0.3) is 5.91 Å². The summed E-state index contributed by atoms with van der Waals surface area (Å²) in [7, 11) is 2.64. The van der Waals surface area contributed by atoms with Crippen molar-refractivity contribution in [3.63, 3.8) is 0 Å². The van der Waals surface area contributed by atoms with E-state index in [0.717, 1.165) is 4.90 Å². The van der Waals surface area contributed by atoms with E-state index in [9.17, 15) is 19.2 Å². The molecule has 0 atom stereocenters. The number of nitrogens with one attached hydrogen (secondary N) is 1. The van der Waals surface area contributed by atoms with Gasteiger partial charge in [0.15, 0.2) is 18.1 Å². The van der Waals surface area contributed by atoms with Crippen LogP contribution in [0, 0.1) is 0 Å². The Balaban J connectivity index is 1.81. The number of rotatable bonds is 9. The fourth-order valence-corrected chi connectivity index (χ4v) is 3.00. The van der Waals surface area contributed by atoms with Crippen molar-refractivity contribution in [2.45, 2.75) is 13.5 Å². The van der Waals surface area contributed by atoms with Gasteiger partial charge in [-0.25, -0.2) is 14.4 Å². The maximum atomic E-state index is 12.8. The van der Waals surface area contributed by atoms with Gasteiger partial charge in [-0.05, 0) is 31.2 Å². The third kappa shape index (κ3) is 5.32. The molecular formula is C22H22N2O9. The number of imide groups is 1. The average Bonchev–Trinajstić information content (AvgIpc) is 3.38. The van der Waals surface area contributed by atoms with Crippen molar-refractivity contribution in [2.24, 2.45) is 0 Å². The standard InChI is InChI=1S/C22H22N2O9/c1-4-31-18(25)12-32-19-13(6-5-7-16(19)29-2)10-15-20(26)24(22(28)23-15)11-14-8-9-17(33-14)21(27)30-3/h5-10H,4,11-12H2,1-3H3,(H,23,28)/b15-10+. The highest BCUT2D eigenvalue weighted by atomic mass is 16.6. The van der Waals surface area contributed by atoms with E-state index in [4.69, 9.17) is 18.6 Å². The monoisotopic (exact) mass is 458 g/mol. The molecule has 174 valence electrons. The number of furan rings is 1. The summed E-state index contributed by atoms with van der Waals surface area (Å²) in [5.74, 6) is -1.15. The van der Waals surface area contributed by atoms with Crippen molar-refractivity contribution in [3.8, 4) is 11.5 Å². The number of ether oxygens (including phenoxy) is 4. The third-order valence-electron chi connectivity index (χ3n) is 4.49. The molecule has 0 radical (unpaired) electrons. The van der Waals surface area contributed by atoms with Crippen LogP contribution in [0.1, 0.15) is 28.8 Å². The SMILES string of the molecule is CCOC(=O)COc1c(/C=C2/NC(=O)N(Cc3ccc(C(=O)OC)o3)C2=O)cccc1OC. The van der Waals surface area contributed by atoms with E-state index in [2.05, 4.69) is 10.1 Å². The van der Waals surface area contributed by atoms with Crippen molar-refractivity contribution < 1.29 is 42.5 Å². The minimum Gasteiger partial charge on any atom is -0.493 e. The first kappa shape index (κ1) is 23.4. The van der Waals surface area contributed by atoms with Gasteiger partial charge in [0.05, 0.1) is 27.4 Å². The normalized spacial score (nSPS) is 14.3. The molecule has 11 heteroatoms. The molecule has 0 spiro atoms. The van der Waals surface area contributed by atoms with Gasteiger partial charge in [0.1, 0.15) is 11.5 Å². The highest BCUT2D eigenvalue weighted by Gasteiger charge is 2.34. The largest absolute Gasteiger partial charge is 0.493 e. The number of urea groups is 1. The molecule has 2 aromatic rings. The van der Waals surface area contributed by atoms with Gasteiger partial charge in [-0.1, -0.05) is 12.1 Å². The zero-order valence-corrected chi connectivity index (χ0v) is 18.2. The van der Waals surface area contributed by atoms with Crippen molar-refractivity contribution in [2.75, 3.05) is 27.4 Å². The van der Waals surface area contributed by atoms with E-state index in [1.165, 1.54) is 32.4 Å². The number of hydrogen-bond donors (Lipinski definition) is 1. The summed E-state index contributed by atoms with van der Waals surface area (Å²) in [6.45, 7) is 1.33. The first-order valence-electron chi connectivity index (χ1n) is 9.84. The molecule has 1 aliphatic heterocycles. The second-order valence-electron chi connectivity index (χ2n) is 6.61. The minimum atomic E-state index is -0.674. The number of methoxy groups -OCH3 is 2. The Hall–Kier alpha value is -4.28. The predicted molar refractivity (Wildman–Crippen MR) is 112 cm³/mol. The number of hydrogen-bond acceptors (Lipinski definition) is 9. The van der Waals surface area contributed by atoms with E-state index < -0.39 is 23.9 Å². The summed E-state index contributed by atoms with van der Waals surface area (Å²) in [5, 5.41) is 2.49. The first-order valence-corrected chi connectivity index (χ1v) is 9.84. The fraction of sp³-hybridized carbons (Fsp3) is 0.273. The topological polar surface area (TPSA) is 134 Å². The molecule has 0 unspecified atom stereocenters. The Labute approximate surface area is 188 Å². The Morgan fingerprint density at radius 3 is 2.64 bits per heavy atom. The molecule has 11 nitrogen and oxygen atoms in total. The molecule has 1 N–H and O–H groups in total. The van der Waals surface area contributed by atoms with Crippen LogP contribution in [-0.4, -0.2) is 56.2 Å². The van der Waals surface area contributed by atoms with Crippen LogP contribution in [0.15, 0.2) is 40.4 Å². The zero-order valence-electron chi connectivity index (χ0n) is 18.2. The lowest BCUT2D eigenvalue weighted by Crippen LogP contribution is -2.30. The maximum absolute atomic E-state index is 12.8. The smallest absolute Gasteiger partial charge is 0.373 e. The highest BCUT2D eigenvalue weighted by molar-refractivity contribution is 6.14. The van der Waals surface area contributed by atoms with Crippen LogP contribution in [0.4, 0.5) is 4.79 Å². The van der Waals surface area contributed by atoms with Crippen molar-refractivity contribution in [1.82, 2.24) is 10.2 Å². The first-order chi connectivity index (χ1) is 15.9. The molecule has 1 saturated heterocycles. The Bertz CT molecular complexity index is 1100. The molecule has 1 aromatic carbocycles. The quantitative estimate of drug-likeness (QED) is 0.341. The third-order valence-corrected chi connectivity index (χ3v) is 4.49. The second-order valence-corrected chi connectivity index (χ2v) is 6.61. The van der Waals surface area contributed by atoms with E-state index in [0.29, 0.717) is 11.3 Å². The summed E-state index contributed by atoms with van der Waals surface area (Å²) in [6.07, 6.45) is 1.41. The molecule has 0 bridgehead atoms. The van der Waals surface area contributed by atoms with Crippen LogP contribution in [-0.2, 0) is 25.6 Å². The number of esters is 2. The van der Waals surface area contributed by atoms with Crippen LogP contribution >= 0.6 is 0 Å². The van der Waals surface area contributed by atoms with Gasteiger partial charge < -0.3 is 28.7 Å². The lowest BCUT2D eigenvalue weighted by atomic mass is 10.1. The summed E-state index contributed by atoms with van der Waals surface area (Å²) >= 11 is 0. The van der Waals surface area contributed by atoms with Gasteiger partial charge in [0, 0.05) is 5.56 Å². The van der Waals surface area contributed by atoms with Gasteiger partial charge in [0.2, 0.25) is 5.76 Å². The number of para-hydroxylation sites is 1. The van der Waals surface area contributed by atoms with Crippen molar-refractivity contribution >= 4 is 30.0 Å². The van der Waals surface area contributed by atoms with Crippen molar-refractivity contribution in [1.29, 1.82) is 0 Å². The lowest BCUT2D eigenvalue weighted by molar-refractivity contribution is -0.145. The van der Waals surface area contributed by atoms with E-state index >= 15 is 0 Å². The number of carbonyl (C=O) groups excluding carboxylic acids is 4. The van der Waals surface area contributed by atoms with Gasteiger partial charge in [-0.15, -0.1) is 0 Å². The fourth-order valence-electron chi connectivity index (χ4n) is 3.00. The predicted octanol–water partition coefficient (Wildman–Crippen LogP) is 2.11. The number of benzene rings is 1. The molecule has 33 heavy (non-hydrogen) atoms. The van der Waals surface area contributed by atoms with Gasteiger partial charge in [-0.2, -0.15) is 0 Å². The van der Waals surface area contributed by atoms with Gasteiger partial charge in [-0.3, -0.25) is 9.69 Å². The van der Waals surface area contributed by atoms with E-state index in [-0.39, 0.29) is 42.7 Å². The molecule has 0 aliphatic carbocycles. The summed E-state index contributed by atoms with van der Waals surface area (Å²) in [5.41, 5.74) is 0.379. The molecule has 1 aromatic heterocycles. The number of nitrogens with zero attached hydrogens (tertiary/aromatic N) is 1. The molecular weight excluding hydrogens is 436 g/mol. The lowest BCUT2D eigenvalue weighted by Gasteiger charge is -2.13. The number of amides is 3. The van der Waals surface area contributed by atoms with Gasteiger partial charge >= 0.3 is 18.0 Å².